The topological polar surface area (TPSA) is 100 Å². The minimum Gasteiger partial charge on any atom is -0.504 e. The van der Waals surface area contributed by atoms with E-state index in [1.165, 1.54) is 42.5 Å². The molecule has 1 aromatic carbocycles. The molecule has 26 heavy (non-hydrogen) atoms. The second-order valence-electron chi connectivity index (χ2n) is 5.65. The molecule has 0 spiro atoms. The normalized spacial score (nSPS) is 16.9. The molecule has 134 valence electrons. The molecule has 0 saturated heterocycles. The average Bonchev–Trinajstić information content (AvgIpc) is 3.25. The molecular formula is C19H17NO6. The molecule has 2 N–H and O–H groups in total. The molecule has 1 unspecified atom stereocenters. The van der Waals surface area contributed by atoms with Crippen molar-refractivity contribution in [1.82, 2.24) is 4.90 Å². The fourth-order valence-electron chi connectivity index (χ4n) is 2.96. The highest BCUT2D eigenvalue weighted by Crippen LogP contribution is 2.41. The number of benzene rings is 1. The number of phenolic OH excluding ortho intramolecular Hbond substituents is 1. The second kappa shape index (κ2) is 6.79. The summed E-state index contributed by atoms with van der Waals surface area (Å²) in [6, 6.07) is 6.60. The van der Waals surface area contributed by atoms with Crippen molar-refractivity contribution in [1.29, 1.82) is 0 Å². The summed E-state index contributed by atoms with van der Waals surface area (Å²) >= 11 is 0. The van der Waals surface area contributed by atoms with Gasteiger partial charge in [-0.15, -0.1) is 6.58 Å². The molecule has 1 aromatic heterocycles. The van der Waals surface area contributed by atoms with Gasteiger partial charge in [-0.05, 0) is 29.8 Å². The molecule has 0 saturated carbocycles. The van der Waals surface area contributed by atoms with E-state index in [2.05, 4.69) is 6.58 Å². The number of aliphatic hydroxyl groups is 1. The Labute approximate surface area is 149 Å². The second-order valence-corrected chi connectivity index (χ2v) is 5.65. The Morgan fingerprint density at radius 3 is 2.77 bits per heavy atom. The third kappa shape index (κ3) is 2.73. The van der Waals surface area contributed by atoms with Crippen LogP contribution in [0.4, 0.5) is 0 Å². The number of carbonyl (C=O) groups excluding carboxylic acids is 2. The van der Waals surface area contributed by atoms with E-state index in [9.17, 15) is 19.8 Å². The molecule has 1 aliphatic rings. The Morgan fingerprint density at radius 1 is 1.38 bits per heavy atom. The lowest BCUT2D eigenvalue weighted by molar-refractivity contribution is -0.128. The molecule has 7 heteroatoms. The van der Waals surface area contributed by atoms with E-state index < -0.39 is 23.5 Å². The number of carbonyl (C=O) groups is 2. The van der Waals surface area contributed by atoms with Crippen molar-refractivity contribution in [3.63, 3.8) is 0 Å². The minimum atomic E-state index is -0.868. The van der Waals surface area contributed by atoms with E-state index in [1.54, 1.807) is 12.1 Å². The third-order valence-corrected chi connectivity index (χ3v) is 4.14. The van der Waals surface area contributed by atoms with Crippen molar-refractivity contribution < 1.29 is 29.0 Å². The van der Waals surface area contributed by atoms with Gasteiger partial charge in [0.15, 0.2) is 23.0 Å². The third-order valence-electron chi connectivity index (χ3n) is 4.14. The van der Waals surface area contributed by atoms with Crippen molar-refractivity contribution in [3.8, 4) is 11.5 Å². The van der Waals surface area contributed by atoms with Crippen molar-refractivity contribution >= 4 is 11.7 Å². The quantitative estimate of drug-likeness (QED) is 0.610. The lowest BCUT2D eigenvalue weighted by Gasteiger charge is -2.25. The van der Waals surface area contributed by atoms with Gasteiger partial charge in [-0.25, -0.2) is 0 Å². The maximum atomic E-state index is 12.8. The highest BCUT2D eigenvalue weighted by Gasteiger charge is 2.44. The zero-order valence-corrected chi connectivity index (χ0v) is 14.0. The molecule has 2 heterocycles. The highest BCUT2D eigenvalue weighted by molar-refractivity contribution is 6.15. The maximum absolute atomic E-state index is 12.8. The van der Waals surface area contributed by atoms with E-state index in [1.807, 2.05) is 0 Å². The number of furan rings is 1. The van der Waals surface area contributed by atoms with Crippen LogP contribution >= 0.6 is 0 Å². The van der Waals surface area contributed by atoms with Crippen LogP contribution in [0.15, 0.2) is 65.0 Å². The Balaban J connectivity index is 2.14. The smallest absolute Gasteiger partial charge is 0.290 e. The van der Waals surface area contributed by atoms with Crippen LogP contribution < -0.4 is 4.74 Å². The summed E-state index contributed by atoms with van der Waals surface area (Å²) in [5.41, 5.74) is 0.397. The number of ether oxygens (including phenoxy) is 1. The van der Waals surface area contributed by atoms with Crippen LogP contribution in [0.3, 0.4) is 0 Å². The number of amides is 1. The summed E-state index contributed by atoms with van der Waals surface area (Å²) in [6.45, 7) is 3.73. The zero-order valence-electron chi connectivity index (χ0n) is 14.0. The molecule has 1 aliphatic heterocycles. The first kappa shape index (κ1) is 17.3. The minimum absolute atomic E-state index is 0.00977. The van der Waals surface area contributed by atoms with Crippen LogP contribution in [0.5, 0.6) is 11.5 Å². The van der Waals surface area contributed by atoms with Gasteiger partial charge >= 0.3 is 0 Å². The molecule has 1 atom stereocenters. The van der Waals surface area contributed by atoms with Crippen LogP contribution in [0.1, 0.15) is 22.2 Å². The van der Waals surface area contributed by atoms with Gasteiger partial charge in [0, 0.05) is 6.54 Å². The number of aromatic hydroxyl groups is 1. The fraction of sp³-hybridized carbons (Fsp3) is 0.158. The molecule has 1 amide bonds. The van der Waals surface area contributed by atoms with Gasteiger partial charge in [0.1, 0.15) is 0 Å². The fourth-order valence-corrected chi connectivity index (χ4v) is 2.96. The number of phenols is 1. The predicted molar refractivity (Wildman–Crippen MR) is 92.0 cm³/mol. The van der Waals surface area contributed by atoms with Crippen molar-refractivity contribution in [2.24, 2.45) is 0 Å². The van der Waals surface area contributed by atoms with E-state index >= 15 is 0 Å². The Hall–Kier alpha value is -3.48. The number of Topliss-reactive ketones (excluding diaryl/α,β-unsaturated/α-hetero) is 1. The molecule has 0 bridgehead atoms. The summed E-state index contributed by atoms with van der Waals surface area (Å²) in [5, 5.41) is 20.2. The Kier molecular flexibility index (Phi) is 4.53. The van der Waals surface area contributed by atoms with Crippen LogP contribution in [-0.2, 0) is 4.79 Å². The van der Waals surface area contributed by atoms with Gasteiger partial charge in [0.25, 0.3) is 5.91 Å². The summed E-state index contributed by atoms with van der Waals surface area (Å²) in [7, 11) is 1.39. The van der Waals surface area contributed by atoms with Crippen molar-refractivity contribution in [3.05, 3.63) is 71.9 Å². The number of ketones is 1. The van der Waals surface area contributed by atoms with E-state index in [0.717, 1.165) is 0 Å². The number of aliphatic hydroxyl groups excluding tert-OH is 1. The monoisotopic (exact) mass is 355 g/mol. The molecule has 0 radical (unpaired) electrons. The number of hydrogen-bond acceptors (Lipinski definition) is 6. The SMILES string of the molecule is C=CCN1C(=O)C(O)=C(C(=O)c2ccco2)C1c1ccc(O)c(OC)c1. The number of methoxy groups -OCH3 is 1. The van der Waals surface area contributed by atoms with Crippen molar-refractivity contribution in [2.75, 3.05) is 13.7 Å². The van der Waals surface area contributed by atoms with Gasteiger partial charge in [-0.2, -0.15) is 0 Å². The Bertz CT molecular complexity index is 897. The standard InChI is InChI=1S/C19H17NO6/c1-3-8-20-16(11-6-7-12(21)14(10-11)25-2)15(18(23)19(20)24)17(22)13-5-4-9-26-13/h3-7,9-10,16,21,23H,1,8H2,2H3. The first-order valence-corrected chi connectivity index (χ1v) is 7.79. The lowest BCUT2D eigenvalue weighted by Crippen LogP contribution is -2.31. The summed E-state index contributed by atoms with van der Waals surface area (Å²) < 4.78 is 10.2. The van der Waals surface area contributed by atoms with Gasteiger partial charge in [0.05, 0.1) is 25.0 Å². The van der Waals surface area contributed by atoms with Crippen LogP contribution in [0, 0.1) is 0 Å². The van der Waals surface area contributed by atoms with Crippen molar-refractivity contribution in [2.45, 2.75) is 6.04 Å². The number of rotatable bonds is 6. The molecule has 0 aliphatic carbocycles. The summed E-state index contributed by atoms with van der Waals surface area (Å²) in [4.78, 5) is 26.6. The lowest BCUT2D eigenvalue weighted by atomic mass is 9.94. The van der Waals surface area contributed by atoms with Gasteiger partial charge < -0.3 is 24.3 Å². The van der Waals surface area contributed by atoms with E-state index in [-0.39, 0.29) is 29.4 Å². The molecule has 0 fully saturated rings. The van der Waals surface area contributed by atoms with Crippen LogP contribution in [0.2, 0.25) is 0 Å². The van der Waals surface area contributed by atoms with Gasteiger partial charge in [-0.1, -0.05) is 12.1 Å². The molecule has 2 aromatic rings. The number of hydrogen-bond donors (Lipinski definition) is 2. The Morgan fingerprint density at radius 2 is 2.15 bits per heavy atom. The van der Waals surface area contributed by atoms with Crippen LogP contribution in [0.25, 0.3) is 0 Å². The number of nitrogens with zero attached hydrogens (tertiary/aromatic N) is 1. The maximum Gasteiger partial charge on any atom is 0.290 e. The largest absolute Gasteiger partial charge is 0.504 e. The summed E-state index contributed by atoms with van der Waals surface area (Å²) in [6.07, 6.45) is 2.83. The van der Waals surface area contributed by atoms with E-state index in [4.69, 9.17) is 9.15 Å². The molecule has 7 nitrogen and oxygen atoms in total. The summed E-state index contributed by atoms with van der Waals surface area (Å²) in [5.74, 6) is -1.80. The highest BCUT2D eigenvalue weighted by atomic mass is 16.5. The first-order chi connectivity index (χ1) is 12.5. The predicted octanol–water partition coefficient (Wildman–Crippen LogP) is 2.76. The zero-order chi connectivity index (χ0) is 18.8. The van der Waals surface area contributed by atoms with Crippen LogP contribution in [-0.4, -0.2) is 40.5 Å². The average molecular weight is 355 g/mol. The van der Waals surface area contributed by atoms with Gasteiger partial charge in [0.2, 0.25) is 5.78 Å². The van der Waals surface area contributed by atoms with Gasteiger partial charge in [-0.3, -0.25) is 9.59 Å². The molecular weight excluding hydrogens is 338 g/mol. The molecule has 3 rings (SSSR count). The first-order valence-electron chi connectivity index (χ1n) is 7.79. The van der Waals surface area contributed by atoms with E-state index in [0.29, 0.717) is 5.56 Å².